The lowest BCUT2D eigenvalue weighted by Gasteiger charge is -2.26. The molecule has 7 nitrogen and oxygen atoms in total. The summed E-state index contributed by atoms with van der Waals surface area (Å²) >= 11 is 0. The summed E-state index contributed by atoms with van der Waals surface area (Å²) in [5, 5.41) is 18.9. The first-order valence-electron chi connectivity index (χ1n) is 7.32. The molecule has 0 bridgehead atoms. The first kappa shape index (κ1) is 15.3. The maximum Gasteiger partial charge on any atom is 0.320 e. The number of nitrogens with one attached hydrogen (secondary N) is 2. The number of nitrogens with zero attached hydrogens (tertiary/aromatic N) is 2. The third kappa shape index (κ3) is 3.96. The molecule has 0 radical (unpaired) electrons. The summed E-state index contributed by atoms with van der Waals surface area (Å²) in [6, 6.07) is 1.62. The summed E-state index contributed by atoms with van der Waals surface area (Å²) in [7, 11) is 1.78. The number of hydrogen-bond donors (Lipinski definition) is 3. The molecular weight excluding hydrogens is 272 g/mol. The van der Waals surface area contributed by atoms with Crippen molar-refractivity contribution in [2.45, 2.75) is 45.1 Å². The second kappa shape index (κ2) is 6.60. The Balaban J connectivity index is 1.82. The molecule has 1 fully saturated rings. The van der Waals surface area contributed by atoms with Gasteiger partial charge in [-0.15, -0.1) is 0 Å². The van der Waals surface area contributed by atoms with Gasteiger partial charge < -0.3 is 10.4 Å². The Morgan fingerprint density at radius 1 is 1.38 bits per heavy atom. The summed E-state index contributed by atoms with van der Waals surface area (Å²) in [6.07, 6.45) is 3.46. The van der Waals surface area contributed by atoms with Crippen molar-refractivity contribution in [3.63, 3.8) is 0 Å². The minimum Gasteiger partial charge on any atom is -0.481 e. The van der Waals surface area contributed by atoms with E-state index in [0.717, 1.165) is 12.1 Å². The van der Waals surface area contributed by atoms with E-state index in [9.17, 15) is 9.59 Å². The van der Waals surface area contributed by atoms with Gasteiger partial charge in [-0.25, -0.2) is 4.79 Å². The number of amides is 2. The predicted molar refractivity (Wildman–Crippen MR) is 78.1 cm³/mol. The highest BCUT2D eigenvalue weighted by Crippen LogP contribution is 2.24. The Morgan fingerprint density at radius 3 is 2.57 bits per heavy atom. The van der Waals surface area contributed by atoms with Crippen LogP contribution in [0.15, 0.2) is 6.07 Å². The van der Waals surface area contributed by atoms with Crippen LogP contribution in [0.4, 0.5) is 10.6 Å². The number of carboxylic acid groups (broad SMARTS) is 1. The molecule has 0 atom stereocenters. The van der Waals surface area contributed by atoms with Crippen LogP contribution in [-0.2, 0) is 18.3 Å². The normalized spacial score (nSPS) is 21.8. The predicted octanol–water partition coefficient (Wildman–Crippen LogP) is 1.75. The summed E-state index contributed by atoms with van der Waals surface area (Å²) in [5.74, 6) is -0.348. The van der Waals surface area contributed by atoms with Gasteiger partial charge in [0, 0.05) is 19.2 Å². The standard InChI is InChI=1S/C14H22N4O3/c1-3-10-8-12(18(2)17-10)16-14(21)15-11-6-4-9(5-7-11)13(19)20/h8-9,11H,3-7H2,1-2H3,(H,19,20)(H2,15,16,21). The number of carboxylic acids is 1. The number of carbonyl (C=O) groups excluding carboxylic acids is 1. The van der Waals surface area contributed by atoms with Crippen molar-refractivity contribution in [3.8, 4) is 0 Å². The number of hydrogen-bond acceptors (Lipinski definition) is 3. The first-order valence-corrected chi connectivity index (χ1v) is 7.32. The van der Waals surface area contributed by atoms with Crippen LogP contribution in [0.2, 0.25) is 0 Å². The highest BCUT2D eigenvalue weighted by Gasteiger charge is 2.26. The minimum atomic E-state index is -0.736. The summed E-state index contributed by atoms with van der Waals surface area (Å²) < 4.78 is 1.64. The van der Waals surface area contributed by atoms with E-state index in [1.54, 1.807) is 11.7 Å². The maximum absolute atomic E-state index is 12.0. The molecule has 0 saturated heterocycles. The smallest absolute Gasteiger partial charge is 0.320 e. The first-order chi connectivity index (χ1) is 9.99. The number of urea groups is 1. The van der Waals surface area contributed by atoms with Gasteiger partial charge in [0.05, 0.1) is 11.6 Å². The van der Waals surface area contributed by atoms with E-state index in [1.165, 1.54) is 0 Å². The van der Waals surface area contributed by atoms with Gasteiger partial charge in [0.25, 0.3) is 0 Å². The molecule has 0 aromatic carbocycles. The molecule has 0 unspecified atom stereocenters. The molecule has 3 N–H and O–H groups in total. The molecule has 1 aromatic heterocycles. The molecule has 116 valence electrons. The molecule has 1 aromatic rings. The maximum atomic E-state index is 12.0. The number of anilines is 1. The van der Waals surface area contributed by atoms with Crippen molar-refractivity contribution >= 4 is 17.8 Å². The van der Waals surface area contributed by atoms with Crippen LogP contribution < -0.4 is 10.6 Å². The van der Waals surface area contributed by atoms with E-state index in [-0.39, 0.29) is 18.0 Å². The summed E-state index contributed by atoms with van der Waals surface area (Å²) in [4.78, 5) is 22.8. The largest absolute Gasteiger partial charge is 0.481 e. The Labute approximate surface area is 123 Å². The fourth-order valence-electron chi connectivity index (χ4n) is 2.64. The SMILES string of the molecule is CCc1cc(NC(=O)NC2CCC(C(=O)O)CC2)n(C)n1. The van der Waals surface area contributed by atoms with Gasteiger partial charge in [0.2, 0.25) is 0 Å². The van der Waals surface area contributed by atoms with E-state index in [0.29, 0.717) is 31.5 Å². The second-order valence-electron chi connectivity index (χ2n) is 5.48. The van der Waals surface area contributed by atoms with Gasteiger partial charge in [-0.1, -0.05) is 6.92 Å². The topological polar surface area (TPSA) is 96.3 Å². The quantitative estimate of drug-likeness (QED) is 0.788. The lowest BCUT2D eigenvalue weighted by Crippen LogP contribution is -2.41. The molecule has 1 saturated carbocycles. The monoisotopic (exact) mass is 294 g/mol. The highest BCUT2D eigenvalue weighted by molar-refractivity contribution is 5.88. The van der Waals surface area contributed by atoms with Crippen molar-refractivity contribution in [1.29, 1.82) is 0 Å². The average Bonchev–Trinajstić information content (AvgIpc) is 2.80. The van der Waals surface area contributed by atoms with Gasteiger partial charge in [0.15, 0.2) is 0 Å². The average molecular weight is 294 g/mol. The van der Waals surface area contributed by atoms with Gasteiger partial charge >= 0.3 is 12.0 Å². The van der Waals surface area contributed by atoms with Crippen molar-refractivity contribution < 1.29 is 14.7 Å². The minimum absolute atomic E-state index is 0.0412. The van der Waals surface area contributed by atoms with E-state index in [1.807, 2.05) is 13.0 Å². The van der Waals surface area contributed by atoms with Crippen LogP contribution in [0.1, 0.15) is 38.3 Å². The number of carbonyl (C=O) groups is 2. The molecule has 0 aliphatic heterocycles. The van der Waals surface area contributed by atoms with Gasteiger partial charge in [-0.05, 0) is 32.1 Å². The van der Waals surface area contributed by atoms with Crippen molar-refractivity contribution in [3.05, 3.63) is 11.8 Å². The van der Waals surface area contributed by atoms with Crippen LogP contribution >= 0.6 is 0 Å². The van der Waals surface area contributed by atoms with Crippen molar-refractivity contribution in [2.24, 2.45) is 13.0 Å². The molecule has 2 amide bonds. The number of aliphatic carboxylic acids is 1. The van der Waals surface area contributed by atoms with Gasteiger partial charge in [-0.3, -0.25) is 14.8 Å². The highest BCUT2D eigenvalue weighted by atomic mass is 16.4. The third-order valence-electron chi connectivity index (χ3n) is 3.95. The lowest BCUT2D eigenvalue weighted by atomic mass is 9.86. The Morgan fingerprint density at radius 2 is 2.05 bits per heavy atom. The van der Waals surface area contributed by atoms with Crippen LogP contribution in [0, 0.1) is 5.92 Å². The zero-order chi connectivity index (χ0) is 15.4. The zero-order valence-electron chi connectivity index (χ0n) is 12.4. The van der Waals surface area contributed by atoms with E-state index < -0.39 is 5.97 Å². The van der Waals surface area contributed by atoms with Crippen molar-refractivity contribution in [2.75, 3.05) is 5.32 Å². The molecular formula is C14H22N4O3. The van der Waals surface area contributed by atoms with Gasteiger partial charge in [0.1, 0.15) is 5.82 Å². The molecule has 1 aliphatic rings. The molecule has 2 rings (SSSR count). The molecule has 1 heterocycles. The van der Waals surface area contributed by atoms with E-state index in [2.05, 4.69) is 15.7 Å². The molecule has 1 aliphatic carbocycles. The third-order valence-corrected chi connectivity index (χ3v) is 3.95. The number of rotatable bonds is 4. The van der Waals surface area contributed by atoms with E-state index in [4.69, 9.17) is 5.11 Å². The van der Waals surface area contributed by atoms with Gasteiger partial charge in [-0.2, -0.15) is 5.10 Å². The fourth-order valence-corrected chi connectivity index (χ4v) is 2.64. The Kier molecular flexibility index (Phi) is 4.82. The van der Waals surface area contributed by atoms with E-state index >= 15 is 0 Å². The lowest BCUT2D eigenvalue weighted by molar-refractivity contribution is -0.142. The Bertz CT molecular complexity index is 518. The van der Waals surface area contributed by atoms with Crippen LogP contribution in [0.3, 0.4) is 0 Å². The van der Waals surface area contributed by atoms with Crippen molar-refractivity contribution in [1.82, 2.24) is 15.1 Å². The fraction of sp³-hybridized carbons (Fsp3) is 0.643. The zero-order valence-corrected chi connectivity index (χ0v) is 12.4. The van der Waals surface area contributed by atoms with Crippen LogP contribution in [-0.4, -0.2) is 32.9 Å². The van der Waals surface area contributed by atoms with Crippen LogP contribution in [0.5, 0.6) is 0 Å². The number of aryl methyl sites for hydroxylation is 2. The summed E-state index contributed by atoms with van der Waals surface area (Å²) in [5.41, 5.74) is 0.926. The summed E-state index contributed by atoms with van der Waals surface area (Å²) in [6.45, 7) is 2.01. The molecule has 21 heavy (non-hydrogen) atoms. The van der Waals surface area contributed by atoms with Crippen LogP contribution in [0.25, 0.3) is 0 Å². The Hall–Kier alpha value is -2.05. The molecule has 0 spiro atoms. The number of aromatic nitrogens is 2. The second-order valence-corrected chi connectivity index (χ2v) is 5.48. The molecule has 7 heteroatoms.